The van der Waals surface area contributed by atoms with E-state index in [1.165, 1.54) is 13.3 Å². The zero-order valence-electron chi connectivity index (χ0n) is 9.94. The quantitative estimate of drug-likeness (QED) is 0.724. The van der Waals surface area contributed by atoms with Crippen molar-refractivity contribution in [2.75, 3.05) is 13.7 Å². The first-order valence-corrected chi connectivity index (χ1v) is 5.64. The first-order chi connectivity index (χ1) is 8.61. The highest BCUT2D eigenvalue weighted by molar-refractivity contribution is 5.89. The van der Waals surface area contributed by atoms with Gasteiger partial charge in [0.05, 0.1) is 31.1 Å². The van der Waals surface area contributed by atoms with E-state index < -0.39 is 24.3 Å². The van der Waals surface area contributed by atoms with Gasteiger partial charge in [-0.15, -0.1) is 0 Å². The average Bonchev–Trinajstić information content (AvgIpc) is 2.41. The van der Waals surface area contributed by atoms with Crippen LogP contribution in [0, 0.1) is 0 Å². The number of pyridine rings is 1. The Morgan fingerprint density at radius 3 is 2.94 bits per heavy atom. The number of rotatable bonds is 2. The van der Waals surface area contributed by atoms with Crippen LogP contribution in [0.2, 0.25) is 0 Å². The highest BCUT2D eigenvalue weighted by Gasteiger charge is 2.30. The molecule has 6 heteroatoms. The van der Waals surface area contributed by atoms with Gasteiger partial charge in [-0.05, 0) is 12.1 Å². The molecule has 1 aliphatic rings. The monoisotopic (exact) mass is 253 g/mol. The van der Waals surface area contributed by atoms with E-state index in [9.17, 15) is 15.0 Å². The number of carbonyl (C=O) groups excluding carboxylic acids is 1. The number of ether oxygens (including phenoxy) is 2. The van der Waals surface area contributed by atoms with Crippen LogP contribution in [0.3, 0.4) is 0 Å². The highest BCUT2D eigenvalue weighted by Crippen LogP contribution is 2.27. The Bertz CT molecular complexity index is 436. The van der Waals surface area contributed by atoms with Crippen molar-refractivity contribution in [3.8, 4) is 0 Å². The summed E-state index contributed by atoms with van der Waals surface area (Å²) in [5.74, 6) is -0.449. The van der Waals surface area contributed by atoms with Crippen LogP contribution in [-0.4, -0.2) is 47.1 Å². The predicted octanol–water partition coefficient (Wildman–Crippen LogP) is 0.0514. The van der Waals surface area contributed by atoms with Crippen LogP contribution in [0.5, 0.6) is 0 Å². The van der Waals surface area contributed by atoms with Gasteiger partial charge >= 0.3 is 5.97 Å². The van der Waals surface area contributed by atoms with Crippen molar-refractivity contribution in [3.63, 3.8) is 0 Å². The van der Waals surface area contributed by atoms with Crippen molar-refractivity contribution < 1.29 is 24.5 Å². The Labute approximate surface area is 104 Å². The maximum atomic E-state index is 11.4. The Hall–Kier alpha value is -1.50. The van der Waals surface area contributed by atoms with Crippen LogP contribution in [0.15, 0.2) is 18.3 Å². The van der Waals surface area contributed by atoms with E-state index in [4.69, 9.17) is 4.74 Å². The van der Waals surface area contributed by atoms with Crippen molar-refractivity contribution in [3.05, 3.63) is 29.6 Å². The summed E-state index contributed by atoms with van der Waals surface area (Å²) in [7, 11) is 1.31. The summed E-state index contributed by atoms with van der Waals surface area (Å²) in [6, 6.07) is 3.12. The third kappa shape index (κ3) is 2.66. The number of carbonyl (C=O) groups is 1. The maximum absolute atomic E-state index is 11.4. The second-order valence-electron chi connectivity index (χ2n) is 4.15. The number of nitrogens with zero attached hydrogens (tertiary/aromatic N) is 1. The number of methoxy groups -OCH3 is 1. The third-order valence-electron chi connectivity index (χ3n) is 2.90. The first kappa shape index (κ1) is 12.9. The van der Waals surface area contributed by atoms with Crippen LogP contribution in [0.1, 0.15) is 28.6 Å². The second-order valence-corrected chi connectivity index (χ2v) is 4.15. The number of esters is 1. The van der Waals surface area contributed by atoms with Crippen molar-refractivity contribution in [2.24, 2.45) is 0 Å². The molecule has 98 valence electrons. The minimum atomic E-state index is -0.870. The second kappa shape index (κ2) is 5.43. The minimum Gasteiger partial charge on any atom is -0.465 e. The van der Waals surface area contributed by atoms with Crippen molar-refractivity contribution in [1.82, 2.24) is 4.98 Å². The van der Waals surface area contributed by atoms with Gasteiger partial charge in [0, 0.05) is 12.6 Å². The molecule has 0 saturated carbocycles. The molecule has 0 spiro atoms. The normalized spacial score (nSPS) is 27.8. The molecular formula is C12H15NO5. The number of aromatic nitrogens is 1. The Balaban J connectivity index is 2.16. The molecule has 0 unspecified atom stereocenters. The lowest BCUT2D eigenvalue weighted by molar-refractivity contribution is -0.123. The maximum Gasteiger partial charge on any atom is 0.337 e. The molecule has 1 saturated heterocycles. The molecule has 0 radical (unpaired) electrons. The molecule has 0 aliphatic carbocycles. The van der Waals surface area contributed by atoms with Crippen molar-refractivity contribution in [2.45, 2.75) is 24.7 Å². The third-order valence-corrected chi connectivity index (χ3v) is 2.90. The Kier molecular flexibility index (Phi) is 3.90. The van der Waals surface area contributed by atoms with E-state index in [0.29, 0.717) is 11.3 Å². The smallest absolute Gasteiger partial charge is 0.337 e. The summed E-state index contributed by atoms with van der Waals surface area (Å²) in [4.78, 5) is 15.5. The van der Waals surface area contributed by atoms with Gasteiger partial charge in [0.1, 0.15) is 12.2 Å². The molecule has 1 aromatic heterocycles. The molecule has 1 fully saturated rings. The summed E-state index contributed by atoms with van der Waals surface area (Å²) in [5.41, 5.74) is 0.926. The zero-order valence-corrected chi connectivity index (χ0v) is 9.94. The van der Waals surface area contributed by atoms with Gasteiger partial charge in [-0.25, -0.2) is 4.79 Å². The molecule has 6 nitrogen and oxygen atoms in total. The molecule has 18 heavy (non-hydrogen) atoms. The average molecular weight is 253 g/mol. The SMILES string of the molecule is COC(=O)c1ccnc([C@H]2C[C@H](O)[C@H](O)CO2)c1. The highest BCUT2D eigenvalue weighted by atomic mass is 16.5. The molecule has 2 N–H and O–H groups in total. The molecule has 0 bridgehead atoms. The van der Waals surface area contributed by atoms with Crippen molar-refractivity contribution in [1.29, 1.82) is 0 Å². The van der Waals surface area contributed by atoms with E-state index in [-0.39, 0.29) is 13.0 Å². The molecule has 2 rings (SSSR count). The molecule has 0 amide bonds. The minimum absolute atomic E-state index is 0.0516. The molecule has 2 heterocycles. The summed E-state index contributed by atoms with van der Waals surface area (Å²) >= 11 is 0. The van der Waals surface area contributed by atoms with E-state index >= 15 is 0 Å². The van der Waals surface area contributed by atoms with Crippen LogP contribution in [0.25, 0.3) is 0 Å². The first-order valence-electron chi connectivity index (χ1n) is 5.64. The fourth-order valence-electron chi connectivity index (χ4n) is 1.85. The summed E-state index contributed by atoms with van der Waals surface area (Å²) in [5, 5.41) is 18.9. The van der Waals surface area contributed by atoms with Gasteiger partial charge < -0.3 is 19.7 Å². The predicted molar refractivity (Wildman–Crippen MR) is 60.9 cm³/mol. The largest absolute Gasteiger partial charge is 0.465 e. The van der Waals surface area contributed by atoms with Crippen LogP contribution in [-0.2, 0) is 9.47 Å². The Morgan fingerprint density at radius 1 is 1.50 bits per heavy atom. The lowest BCUT2D eigenvalue weighted by Crippen LogP contribution is -2.38. The van der Waals surface area contributed by atoms with E-state index in [0.717, 1.165) is 0 Å². The van der Waals surface area contributed by atoms with Crippen LogP contribution >= 0.6 is 0 Å². The number of hydrogen-bond donors (Lipinski definition) is 2. The van der Waals surface area contributed by atoms with Gasteiger partial charge in [0.25, 0.3) is 0 Å². The lowest BCUT2D eigenvalue weighted by atomic mass is 10.0. The number of aliphatic hydroxyl groups excluding tert-OH is 2. The lowest BCUT2D eigenvalue weighted by Gasteiger charge is -2.30. The van der Waals surface area contributed by atoms with Gasteiger partial charge in [-0.2, -0.15) is 0 Å². The molecule has 1 aromatic rings. The van der Waals surface area contributed by atoms with Gasteiger partial charge in [0.15, 0.2) is 0 Å². The molecule has 1 aliphatic heterocycles. The van der Waals surface area contributed by atoms with E-state index in [1.54, 1.807) is 12.1 Å². The van der Waals surface area contributed by atoms with Gasteiger partial charge in [-0.3, -0.25) is 4.98 Å². The molecule has 3 atom stereocenters. The van der Waals surface area contributed by atoms with E-state index in [1.807, 2.05) is 0 Å². The molecular weight excluding hydrogens is 238 g/mol. The molecule has 0 aromatic carbocycles. The topological polar surface area (TPSA) is 88.9 Å². The van der Waals surface area contributed by atoms with Crippen LogP contribution in [0.4, 0.5) is 0 Å². The number of aliphatic hydroxyl groups is 2. The number of hydrogen-bond acceptors (Lipinski definition) is 6. The zero-order chi connectivity index (χ0) is 13.1. The Morgan fingerprint density at radius 2 is 2.28 bits per heavy atom. The summed E-state index contributed by atoms with van der Waals surface area (Å²) in [6.07, 6.45) is -0.397. The fraction of sp³-hybridized carbons (Fsp3) is 0.500. The standard InChI is InChI=1S/C12H15NO5/c1-17-12(16)7-2-3-13-8(4-7)11-5-9(14)10(15)6-18-11/h2-4,9-11,14-15H,5-6H2,1H3/t9-,10+,11+/m0/s1. The van der Waals surface area contributed by atoms with Crippen molar-refractivity contribution >= 4 is 5.97 Å². The van der Waals surface area contributed by atoms with E-state index in [2.05, 4.69) is 9.72 Å². The summed E-state index contributed by atoms with van der Waals surface area (Å²) < 4.78 is 10.0. The van der Waals surface area contributed by atoms with Gasteiger partial charge in [0.2, 0.25) is 0 Å². The summed E-state index contributed by atoms with van der Waals surface area (Å²) in [6.45, 7) is 0.0516. The van der Waals surface area contributed by atoms with Crippen LogP contribution < -0.4 is 0 Å². The van der Waals surface area contributed by atoms with Gasteiger partial charge in [-0.1, -0.05) is 0 Å². The fourth-order valence-corrected chi connectivity index (χ4v) is 1.85.